The molecule has 0 spiro atoms. The van der Waals surface area contributed by atoms with E-state index in [4.69, 9.17) is 28.3 Å². The molecule has 0 radical (unpaired) electrons. The number of halogens is 3. The van der Waals surface area contributed by atoms with Gasteiger partial charge in [0.15, 0.2) is 0 Å². The Kier molecular flexibility index (Phi) is 5.61. The van der Waals surface area contributed by atoms with E-state index < -0.39 is 17.3 Å². The highest BCUT2D eigenvalue weighted by Gasteiger charge is 2.40. The van der Waals surface area contributed by atoms with E-state index in [1.807, 2.05) is 12.1 Å². The first-order chi connectivity index (χ1) is 14.3. The molecule has 2 aromatic carbocycles. The van der Waals surface area contributed by atoms with Crippen LogP contribution in [-0.2, 0) is 16.8 Å². The van der Waals surface area contributed by atoms with Crippen LogP contribution in [0.25, 0.3) is 0 Å². The van der Waals surface area contributed by atoms with Gasteiger partial charge in [-0.25, -0.2) is 4.39 Å². The molecule has 4 rings (SSSR count). The molecular weight excluding hydrogens is 432 g/mol. The van der Waals surface area contributed by atoms with Gasteiger partial charge in [0.1, 0.15) is 12.4 Å². The first-order valence-corrected chi connectivity index (χ1v) is 10.3. The molecule has 1 fully saturated rings. The third kappa shape index (κ3) is 3.73. The van der Waals surface area contributed by atoms with Gasteiger partial charge in [0.05, 0.1) is 15.6 Å². The second-order valence-corrected chi connectivity index (χ2v) is 8.38. The number of carbonyl (C=O) groups is 2. The van der Waals surface area contributed by atoms with Crippen LogP contribution < -0.4 is 10.6 Å². The molecule has 1 atom stereocenters. The summed E-state index contributed by atoms with van der Waals surface area (Å²) in [6, 6.07) is 8.11. The lowest BCUT2D eigenvalue weighted by atomic mass is 9.87. The Morgan fingerprint density at radius 2 is 2.10 bits per heavy atom. The number of nitrogens with zero attached hydrogens (tertiary/aromatic N) is 1. The van der Waals surface area contributed by atoms with E-state index in [1.165, 1.54) is 17.0 Å². The molecule has 0 saturated carbocycles. The van der Waals surface area contributed by atoms with Crippen molar-refractivity contribution >= 4 is 40.8 Å². The van der Waals surface area contributed by atoms with E-state index in [-0.39, 0.29) is 22.5 Å². The summed E-state index contributed by atoms with van der Waals surface area (Å²) in [5, 5.41) is 16.1. The predicted octanol–water partition coefficient (Wildman–Crippen LogP) is 3.52. The third-order valence-electron chi connectivity index (χ3n) is 5.67. The van der Waals surface area contributed by atoms with Crippen molar-refractivity contribution in [3.05, 3.63) is 62.9 Å². The Hall–Kier alpha value is -2.35. The summed E-state index contributed by atoms with van der Waals surface area (Å²) >= 11 is 12.5. The number of nitrogens with one attached hydrogen (secondary N) is 2. The van der Waals surface area contributed by atoms with Crippen LogP contribution >= 0.6 is 23.2 Å². The van der Waals surface area contributed by atoms with Crippen molar-refractivity contribution in [1.29, 1.82) is 0 Å². The number of hydrogen-bond acceptors (Lipinski definition) is 4. The average molecular weight is 452 g/mol. The van der Waals surface area contributed by atoms with Crippen molar-refractivity contribution in [3.8, 4) is 0 Å². The van der Waals surface area contributed by atoms with Crippen LogP contribution in [0.2, 0.25) is 10.0 Å². The van der Waals surface area contributed by atoms with Gasteiger partial charge in [-0.2, -0.15) is 0 Å². The maximum absolute atomic E-state index is 14.8. The number of carbonyl (C=O) groups excluding carboxylic acids is 1. The molecule has 2 aliphatic heterocycles. The van der Waals surface area contributed by atoms with E-state index in [1.54, 1.807) is 6.07 Å². The zero-order chi connectivity index (χ0) is 21.5. The van der Waals surface area contributed by atoms with E-state index in [0.29, 0.717) is 49.3 Å². The van der Waals surface area contributed by atoms with Crippen LogP contribution in [0.5, 0.6) is 0 Å². The van der Waals surface area contributed by atoms with Gasteiger partial charge in [0.25, 0.3) is 5.91 Å². The van der Waals surface area contributed by atoms with Gasteiger partial charge in [0, 0.05) is 29.9 Å². The largest absolute Gasteiger partial charge is 0.480 e. The minimum Gasteiger partial charge on any atom is -0.480 e. The lowest BCUT2D eigenvalue weighted by Gasteiger charge is -2.34. The van der Waals surface area contributed by atoms with Gasteiger partial charge in [-0.3, -0.25) is 9.59 Å². The Morgan fingerprint density at radius 3 is 2.80 bits per heavy atom. The summed E-state index contributed by atoms with van der Waals surface area (Å²) < 4.78 is 14.8. The molecule has 3 N–H and O–H groups in total. The van der Waals surface area contributed by atoms with Crippen molar-refractivity contribution in [2.24, 2.45) is 0 Å². The molecule has 9 heteroatoms. The van der Waals surface area contributed by atoms with Crippen molar-refractivity contribution in [2.45, 2.75) is 18.4 Å². The van der Waals surface area contributed by atoms with Crippen LogP contribution in [0, 0.1) is 5.82 Å². The van der Waals surface area contributed by atoms with Crippen molar-refractivity contribution < 1.29 is 19.1 Å². The lowest BCUT2D eigenvalue weighted by Crippen LogP contribution is -2.41. The van der Waals surface area contributed by atoms with E-state index in [9.17, 15) is 14.0 Å². The zero-order valence-corrected chi connectivity index (χ0v) is 17.5. The van der Waals surface area contributed by atoms with E-state index in [2.05, 4.69) is 10.6 Å². The van der Waals surface area contributed by atoms with Gasteiger partial charge in [-0.05, 0) is 49.2 Å². The quantitative estimate of drug-likeness (QED) is 0.605. The monoisotopic (exact) mass is 451 g/mol. The maximum Gasteiger partial charge on any atom is 0.323 e. The second-order valence-electron chi connectivity index (χ2n) is 7.59. The molecule has 6 nitrogen and oxygen atoms in total. The Balaban J connectivity index is 1.70. The number of fused-ring (bicyclic) bond motifs is 1. The minimum absolute atomic E-state index is 0.162. The molecule has 1 amide bonds. The lowest BCUT2D eigenvalue weighted by molar-refractivity contribution is -0.137. The molecule has 1 unspecified atom stereocenters. The number of amides is 1. The molecule has 2 aliphatic rings. The Morgan fingerprint density at radius 1 is 1.30 bits per heavy atom. The number of anilines is 1. The molecule has 0 aromatic heterocycles. The first-order valence-electron chi connectivity index (χ1n) is 9.57. The standard InChI is InChI=1S/C21H20Cl2FN3O3/c22-15-3-4-16(24)18(19(15)23)21(6-7-25-11-21)26-13-2-1-12-5-8-27(10-17(28)29)20(30)14(12)9-13/h1-4,9,25-26H,5-8,10-11H2,(H,28,29). The number of benzene rings is 2. The minimum atomic E-state index is -1.05. The number of aliphatic carboxylic acids is 1. The fourth-order valence-electron chi connectivity index (χ4n) is 4.23. The predicted molar refractivity (Wildman–Crippen MR) is 113 cm³/mol. The Labute approximate surface area is 183 Å². The normalized spacial score (nSPS) is 20.9. The average Bonchev–Trinajstić information content (AvgIpc) is 3.16. The smallest absolute Gasteiger partial charge is 0.323 e. The van der Waals surface area contributed by atoms with Crippen LogP contribution in [0.1, 0.15) is 27.9 Å². The van der Waals surface area contributed by atoms with Crippen LogP contribution in [-0.4, -0.2) is 48.1 Å². The highest BCUT2D eigenvalue weighted by Crippen LogP contribution is 2.41. The van der Waals surface area contributed by atoms with Gasteiger partial charge >= 0.3 is 5.97 Å². The highest BCUT2D eigenvalue weighted by atomic mass is 35.5. The van der Waals surface area contributed by atoms with Crippen LogP contribution in [0.15, 0.2) is 30.3 Å². The summed E-state index contributed by atoms with van der Waals surface area (Å²) in [5.41, 5.74) is 1.39. The molecule has 2 heterocycles. The zero-order valence-electron chi connectivity index (χ0n) is 16.0. The molecule has 0 aliphatic carbocycles. The fraction of sp³-hybridized carbons (Fsp3) is 0.333. The Bertz CT molecular complexity index is 1020. The van der Waals surface area contributed by atoms with Crippen molar-refractivity contribution in [1.82, 2.24) is 10.2 Å². The van der Waals surface area contributed by atoms with Crippen molar-refractivity contribution in [2.75, 3.05) is 31.5 Å². The first kappa shape index (κ1) is 20.9. The third-order valence-corrected chi connectivity index (χ3v) is 6.47. The molecule has 1 saturated heterocycles. The number of hydrogen-bond donors (Lipinski definition) is 3. The summed E-state index contributed by atoms with van der Waals surface area (Å²) in [5.74, 6) is -1.83. The number of carboxylic acid groups (broad SMARTS) is 1. The molecular formula is C21H20Cl2FN3O3. The van der Waals surface area contributed by atoms with E-state index in [0.717, 1.165) is 5.56 Å². The summed E-state index contributed by atoms with van der Waals surface area (Å²) in [6.45, 7) is 1.11. The van der Waals surface area contributed by atoms with E-state index >= 15 is 0 Å². The number of carboxylic acids is 1. The van der Waals surface area contributed by atoms with Gasteiger partial charge in [-0.1, -0.05) is 29.3 Å². The van der Waals surface area contributed by atoms with Gasteiger partial charge in [0.2, 0.25) is 0 Å². The van der Waals surface area contributed by atoms with Gasteiger partial charge in [-0.15, -0.1) is 0 Å². The van der Waals surface area contributed by atoms with Crippen molar-refractivity contribution in [3.63, 3.8) is 0 Å². The summed E-state index contributed by atoms with van der Waals surface area (Å²) in [4.78, 5) is 25.1. The molecule has 0 bridgehead atoms. The van der Waals surface area contributed by atoms with Crippen LogP contribution in [0.4, 0.5) is 10.1 Å². The highest BCUT2D eigenvalue weighted by molar-refractivity contribution is 6.42. The summed E-state index contributed by atoms with van der Waals surface area (Å²) in [6.07, 6.45) is 1.15. The number of rotatable bonds is 5. The molecule has 158 valence electrons. The van der Waals surface area contributed by atoms with Crippen LogP contribution in [0.3, 0.4) is 0 Å². The molecule has 30 heavy (non-hydrogen) atoms. The SMILES string of the molecule is O=C(O)CN1CCc2ccc(NC3(c4c(F)ccc(Cl)c4Cl)CCNC3)cc2C1=O. The fourth-order valence-corrected chi connectivity index (χ4v) is 4.72. The summed E-state index contributed by atoms with van der Waals surface area (Å²) in [7, 11) is 0. The second kappa shape index (κ2) is 8.06. The maximum atomic E-state index is 14.8. The topological polar surface area (TPSA) is 81.7 Å². The van der Waals surface area contributed by atoms with Gasteiger partial charge < -0.3 is 20.6 Å². The molecule has 2 aromatic rings.